The fourth-order valence-corrected chi connectivity index (χ4v) is 11.2. The normalized spacial score (nSPS) is 33.4. The molecule has 1 aliphatic heterocycles. The highest BCUT2D eigenvalue weighted by Crippen LogP contribution is 2.49. The highest BCUT2D eigenvalue weighted by Gasteiger charge is 2.44. The first-order chi connectivity index (χ1) is 18.4. The van der Waals surface area contributed by atoms with E-state index >= 15 is 0 Å². The third kappa shape index (κ3) is 8.70. The Morgan fingerprint density at radius 3 is 2.21 bits per heavy atom. The molecule has 4 rings (SSSR count). The van der Waals surface area contributed by atoms with Crippen LogP contribution in [0.5, 0.6) is 0 Å². The van der Waals surface area contributed by atoms with Gasteiger partial charge < -0.3 is 19.7 Å². The van der Waals surface area contributed by atoms with Crippen LogP contribution in [0.2, 0.25) is 18.6 Å². The first-order valence-electron chi connectivity index (χ1n) is 16.4. The Balaban J connectivity index is 1.23. The molecule has 3 saturated carbocycles. The maximum Gasteiger partial charge on any atom is 0.407 e. The van der Waals surface area contributed by atoms with Gasteiger partial charge in [-0.15, -0.1) is 0 Å². The highest BCUT2D eigenvalue weighted by molar-refractivity contribution is 6.71. The van der Waals surface area contributed by atoms with Crippen molar-refractivity contribution in [1.82, 2.24) is 10.2 Å². The Morgan fingerprint density at radius 1 is 0.846 bits per heavy atom. The second kappa shape index (κ2) is 13.3. The largest absolute Gasteiger partial charge is 0.444 e. The standard InChI is InChI=1S/C32H58N2O4Si/c1-32(2,3)38-31(36)33-22-23-10-8-11-25(20-23)24-16-18-34(19-17-24)30(35)27-13-9-12-26(21-27)28-14-6-7-15-29(28)39(4,5)37/h23-29,37H,6-22H2,1-5H3,(H,33,36). The molecule has 4 fully saturated rings. The van der Waals surface area contributed by atoms with E-state index in [1.807, 2.05) is 20.8 Å². The van der Waals surface area contributed by atoms with Gasteiger partial charge in [0.25, 0.3) is 0 Å². The van der Waals surface area contributed by atoms with Crippen LogP contribution < -0.4 is 5.32 Å². The predicted molar refractivity (Wildman–Crippen MR) is 160 cm³/mol. The van der Waals surface area contributed by atoms with Crippen LogP contribution in [0.1, 0.15) is 111 Å². The number of piperidine rings is 1. The summed E-state index contributed by atoms with van der Waals surface area (Å²) in [6.07, 6.45) is 16.4. The SMILES string of the molecule is CC(C)(C)OC(=O)NCC1CCCC(C2CCN(C(=O)C3CCCC(C4CCCCC4[Si](C)(C)O)C3)CC2)C1. The molecule has 0 bridgehead atoms. The molecule has 4 aliphatic rings. The van der Waals surface area contributed by atoms with Crippen LogP contribution in [-0.4, -0.2) is 55.2 Å². The predicted octanol–water partition coefficient (Wildman–Crippen LogP) is 7.12. The number of alkyl carbamates (subject to hydrolysis) is 1. The van der Waals surface area contributed by atoms with E-state index in [4.69, 9.17) is 4.74 Å². The van der Waals surface area contributed by atoms with E-state index in [1.165, 1.54) is 64.2 Å². The zero-order valence-corrected chi connectivity index (χ0v) is 26.7. The van der Waals surface area contributed by atoms with Gasteiger partial charge in [0.2, 0.25) is 5.91 Å². The average Bonchev–Trinajstić information content (AvgIpc) is 2.90. The summed E-state index contributed by atoms with van der Waals surface area (Å²) in [6.45, 7) is 12.5. The molecule has 1 saturated heterocycles. The molecule has 224 valence electrons. The maximum absolute atomic E-state index is 13.7. The van der Waals surface area contributed by atoms with Crippen molar-refractivity contribution in [1.29, 1.82) is 0 Å². The third-order valence-corrected chi connectivity index (χ3v) is 13.2. The van der Waals surface area contributed by atoms with Gasteiger partial charge in [-0.2, -0.15) is 0 Å². The molecule has 0 radical (unpaired) electrons. The van der Waals surface area contributed by atoms with Crippen molar-refractivity contribution in [2.75, 3.05) is 19.6 Å². The lowest BCUT2D eigenvalue weighted by Crippen LogP contribution is -2.46. The monoisotopic (exact) mass is 562 g/mol. The number of ether oxygens (including phenoxy) is 1. The molecule has 0 spiro atoms. The van der Waals surface area contributed by atoms with Gasteiger partial charge in [0.15, 0.2) is 8.32 Å². The van der Waals surface area contributed by atoms with E-state index in [0.717, 1.165) is 44.7 Å². The molecule has 6 nitrogen and oxygen atoms in total. The lowest BCUT2D eigenvalue weighted by molar-refractivity contribution is -0.139. The minimum Gasteiger partial charge on any atom is -0.444 e. The summed E-state index contributed by atoms with van der Waals surface area (Å²) < 4.78 is 5.42. The molecule has 3 aliphatic carbocycles. The Labute approximate surface area is 239 Å². The molecule has 6 unspecified atom stereocenters. The third-order valence-electron chi connectivity index (χ3n) is 10.7. The number of amides is 2. The van der Waals surface area contributed by atoms with Gasteiger partial charge in [-0.1, -0.05) is 51.4 Å². The van der Waals surface area contributed by atoms with Crippen molar-refractivity contribution in [3.63, 3.8) is 0 Å². The summed E-state index contributed by atoms with van der Waals surface area (Å²) in [5, 5.41) is 3.00. The van der Waals surface area contributed by atoms with Crippen LogP contribution in [-0.2, 0) is 9.53 Å². The summed E-state index contributed by atoms with van der Waals surface area (Å²) in [7, 11) is -2.16. The first kappa shape index (κ1) is 30.9. The molecule has 0 aromatic rings. The average molecular weight is 563 g/mol. The van der Waals surface area contributed by atoms with E-state index in [1.54, 1.807) is 0 Å². The smallest absolute Gasteiger partial charge is 0.407 e. The van der Waals surface area contributed by atoms with Crippen LogP contribution in [0.4, 0.5) is 4.79 Å². The number of hydrogen-bond acceptors (Lipinski definition) is 4. The molecule has 1 heterocycles. The number of carbonyl (C=O) groups is 2. The summed E-state index contributed by atoms with van der Waals surface area (Å²) in [5.41, 5.74) is 0.0544. The maximum atomic E-state index is 13.7. The van der Waals surface area contributed by atoms with E-state index in [9.17, 15) is 14.4 Å². The second-order valence-electron chi connectivity index (χ2n) is 15.2. The quantitative estimate of drug-likeness (QED) is 0.338. The van der Waals surface area contributed by atoms with Crippen LogP contribution >= 0.6 is 0 Å². The zero-order valence-electron chi connectivity index (χ0n) is 25.7. The Morgan fingerprint density at radius 2 is 1.51 bits per heavy atom. The van der Waals surface area contributed by atoms with Crippen molar-refractivity contribution in [2.45, 2.75) is 135 Å². The molecule has 0 aromatic carbocycles. The topological polar surface area (TPSA) is 78.9 Å². The lowest BCUT2D eigenvalue weighted by Gasteiger charge is -2.45. The van der Waals surface area contributed by atoms with Crippen molar-refractivity contribution < 1.29 is 19.1 Å². The van der Waals surface area contributed by atoms with Crippen LogP contribution in [0, 0.1) is 35.5 Å². The van der Waals surface area contributed by atoms with Gasteiger partial charge in [-0.05, 0) is 108 Å². The van der Waals surface area contributed by atoms with Crippen molar-refractivity contribution in [3.8, 4) is 0 Å². The van der Waals surface area contributed by atoms with E-state index in [0.29, 0.717) is 41.7 Å². The van der Waals surface area contributed by atoms with Crippen LogP contribution in [0.25, 0.3) is 0 Å². The van der Waals surface area contributed by atoms with Crippen LogP contribution in [0.15, 0.2) is 0 Å². The van der Waals surface area contributed by atoms with Crippen molar-refractivity contribution in [3.05, 3.63) is 0 Å². The molecule has 39 heavy (non-hydrogen) atoms. The number of nitrogens with one attached hydrogen (secondary N) is 1. The number of hydrogen-bond donors (Lipinski definition) is 2. The molecule has 2 N–H and O–H groups in total. The molecule has 2 amide bonds. The highest BCUT2D eigenvalue weighted by atomic mass is 28.4. The molecular formula is C32H58N2O4Si. The van der Waals surface area contributed by atoms with Crippen molar-refractivity contribution in [2.24, 2.45) is 35.5 Å². The van der Waals surface area contributed by atoms with Gasteiger partial charge in [-0.3, -0.25) is 4.79 Å². The lowest BCUT2D eigenvalue weighted by atomic mass is 9.69. The van der Waals surface area contributed by atoms with E-state index < -0.39 is 13.9 Å². The molecule has 6 atom stereocenters. The zero-order chi connectivity index (χ0) is 28.2. The summed E-state index contributed by atoms with van der Waals surface area (Å²) in [6, 6.07) is 0. The fourth-order valence-electron chi connectivity index (χ4n) is 8.78. The minimum atomic E-state index is -2.16. The summed E-state index contributed by atoms with van der Waals surface area (Å²) in [5.74, 6) is 3.84. The summed E-state index contributed by atoms with van der Waals surface area (Å²) in [4.78, 5) is 39.0. The second-order valence-corrected chi connectivity index (χ2v) is 19.2. The number of rotatable bonds is 6. The van der Waals surface area contributed by atoms with Crippen LogP contribution in [0.3, 0.4) is 0 Å². The number of nitrogens with zero attached hydrogens (tertiary/aromatic N) is 1. The van der Waals surface area contributed by atoms with E-state index in [-0.39, 0.29) is 12.0 Å². The van der Waals surface area contributed by atoms with E-state index in [2.05, 4.69) is 23.3 Å². The molecule has 7 heteroatoms. The minimum absolute atomic E-state index is 0.198. The summed E-state index contributed by atoms with van der Waals surface area (Å²) >= 11 is 0. The molecule has 0 aromatic heterocycles. The Kier molecular flexibility index (Phi) is 10.5. The first-order valence-corrected chi connectivity index (χ1v) is 19.4. The van der Waals surface area contributed by atoms with Gasteiger partial charge >= 0.3 is 6.09 Å². The Hall–Kier alpha value is -1.08. The van der Waals surface area contributed by atoms with Gasteiger partial charge in [0, 0.05) is 25.6 Å². The Bertz CT molecular complexity index is 814. The van der Waals surface area contributed by atoms with Gasteiger partial charge in [-0.25, -0.2) is 4.79 Å². The fraction of sp³-hybridized carbons (Fsp3) is 0.938. The number of likely N-dealkylation sites (tertiary alicyclic amines) is 1. The van der Waals surface area contributed by atoms with Gasteiger partial charge in [0.05, 0.1) is 0 Å². The van der Waals surface area contributed by atoms with Gasteiger partial charge in [0.1, 0.15) is 5.60 Å². The van der Waals surface area contributed by atoms with Crippen molar-refractivity contribution >= 4 is 20.3 Å². The molecular weight excluding hydrogens is 504 g/mol. The number of carbonyl (C=O) groups excluding carboxylic acids is 2.